The minimum atomic E-state index is 0.0394. The molecule has 1 saturated heterocycles. The summed E-state index contributed by atoms with van der Waals surface area (Å²) in [5.74, 6) is 1.36. The maximum Gasteiger partial charge on any atom is 0.253 e. The molecule has 0 spiro atoms. The van der Waals surface area contributed by atoms with Gasteiger partial charge in [0, 0.05) is 36.6 Å². The van der Waals surface area contributed by atoms with Crippen LogP contribution in [0.5, 0.6) is 5.75 Å². The van der Waals surface area contributed by atoms with Crippen LogP contribution in [0.2, 0.25) is 0 Å². The maximum absolute atomic E-state index is 12.6. The van der Waals surface area contributed by atoms with Crippen molar-refractivity contribution in [2.45, 2.75) is 11.3 Å². The zero-order valence-corrected chi connectivity index (χ0v) is 16.3. The second kappa shape index (κ2) is 9.46. The van der Waals surface area contributed by atoms with Crippen LogP contribution < -0.4 is 4.74 Å². The van der Waals surface area contributed by atoms with E-state index < -0.39 is 0 Å². The van der Waals surface area contributed by atoms with Crippen LogP contribution >= 0.6 is 11.8 Å². The topological polar surface area (TPSA) is 49.9 Å². The molecule has 0 saturated carbocycles. The Hall–Kier alpha value is -2.47. The lowest BCUT2D eigenvalue weighted by atomic mass is 10.2. The standard InChI is InChI=1S/C21H24N2O3S/c1-26-18-8-10-19(11-9-18)27-16-20(24)22-12-5-13-23(15-14-22)21(25)17-6-3-2-4-7-17/h2-4,6-11H,5,12-16H2,1H3. The molecule has 1 aliphatic rings. The maximum atomic E-state index is 12.6. The van der Waals surface area contributed by atoms with Gasteiger partial charge in [-0.1, -0.05) is 18.2 Å². The molecule has 1 heterocycles. The molecule has 5 nitrogen and oxygen atoms in total. The van der Waals surface area contributed by atoms with Crippen LogP contribution in [-0.2, 0) is 4.79 Å². The lowest BCUT2D eigenvalue weighted by Gasteiger charge is -2.22. The van der Waals surface area contributed by atoms with Crippen LogP contribution in [-0.4, -0.2) is 60.7 Å². The summed E-state index contributed by atoms with van der Waals surface area (Å²) in [7, 11) is 1.64. The van der Waals surface area contributed by atoms with Gasteiger partial charge in [-0.3, -0.25) is 9.59 Å². The van der Waals surface area contributed by atoms with Gasteiger partial charge in [-0.2, -0.15) is 0 Å². The van der Waals surface area contributed by atoms with Crippen LogP contribution in [0.25, 0.3) is 0 Å². The van der Waals surface area contributed by atoms with Crippen molar-refractivity contribution in [3.05, 3.63) is 60.2 Å². The van der Waals surface area contributed by atoms with Gasteiger partial charge in [-0.05, 0) is 42.8 Å². The first-order valence-electron chi connectivity index (χ1n) is 9.06. The zero-order chi connectivity index (χ0) is 19.1. The van der Waals surface area contributed by atoms with E-state index in [1.807, 2.05) is 64.4 Å². The first kappa shape index (κ1) is 19.3. The van der Waals surface area contributed by atoms with Crippen molar-refractivity contribution >= 4 is 23.6 Å². The van der Waals surface area contributed by atoms with Crippen molar-refractivity contribution in [2.75, 3.05) is 39.0 Å². The van der Waals surface area contributed by atoms with Gasteiger partial charge in [-0.25, -0.2) is 0 Å². The second-order valence-corrected chi connectivity index (χ2v) is 7.41. The Morgan fingerprint density at radius 2 is 1.59 bits per heavy atom. The van der Waals surface area contributed by atoms with E-state index in [2.05, 4.69) is 0 Å². The second-order valence-electron chi connectivity index (χ2n) is 6.36. The van der Waals surface area contributed by atoms with E-state index in [9.17, 15) is 9.59 Å². The summed E-state index contributed by atoms with van der Waals surface area (Å²) in [6, 6.07) is 17.0. The molecule has 142 valence electrons. The zero-order valence-electron chi connectivity index (χ0n) is 15.5. The number of benzene rings is 2. The molecule has 0 radical (unpaired) electrons. The van der Waals surface area contributed by atoms with Crippen molar-refractivity contribution in [3.8, 4) is 5.75 Å². The van der Waals surface area contributed by atoms with Gasteiger partial charge >= 0.3 is 0 Å². The summed E-state index contributed by atoms with van der Waals surface area (Å²) in [4.78, 5) is 29.9. The van der Waals surface area contributed by atoms with Gasteiger partial charge in [0.25, 0.3) is 5.91 Å². The van der Waals surface area contributed by atoms with Crippen LogP contribution in [0.1, 0.15) is 16.8 Å². The summed E-state index contributed by atoms with van der Waals surface area (Å²) in [6.45, 7) is 2.54. The van der Waals surface area contributed by atoms with Gasteiger partial charge in [-0.15, -0.1) is 11.8 Å². The van der Waals surface area contributed by atoms with Crippen molar-refractivity contribution in [1.82, 2.24) is 9.80 Å². The molecule has 1 aliphatic heterocycles. The van der Waals surface area contributed by atoms with Gasteiger partial charge in [0.05, 0.1) is 12.9 Å². The fourth-order valence-electron chi connectivity index (χ4n) is 3.04. The third-order valence-electron chi connectivity index (χ3n) is 4.58. The monoisotopic (exact) mass is 384 g/mol. The molecule has 0 unspecified atom stereocenters. The Labute approximate surface area is 164 Å². The number of hydrogen-bond donors (Lipinski definition) is 0. The lowest BCUT2D eigenvalue weighted by molar-refractivity contribution is -0.128. The van der Waals surface area contributed by atoms with Gasteiger partial charge < -0.3 is 14.5 Å². The van der Waals surface area contributed by atoms with Crippen LogP contribution in [0.4, 0.5) is 0 Å². The first-order chi connectivity index (χ1) is 13.2. The predicted octanol–water partition coefficient (Wildman–Crippen LogP) is 3.16. The van der Waals surface area contributed by atoms with E-state index in [1.165, 1.54) is 11.8 Å². The summed E-state index contributed by atoms with van der Waals surface area (Å²) in [5.41, 5.74) is 0.701. The number of carbonyl (C=O) groups is 2. The summed E-state index contributed by atoms with van der Waals surface area (Å²) >= 11 is 1.52. The minimum absolute atomic E-state index is 0.0394. The molecular weight excluding hydrogens is 360 g/mol. The number of thioether (sulfide) groups is 1. The fourth-order valence-corrected chi connectivity index (χ4v) is 3.84. The fraction of sp³-hybridized carbons (Fsp3) is 0.333. The molecule has 0 aliphatic carbocycles. The molecular formula is C21H24N2O3S. The molecule has 1 fully saturated rings. The minimum Gasteiger partial charge on any atom is -0.497 e. The number of nitrogens with zero attached hydrogens (tertiary/aromatic N) is 2. The Balaban J connectivity index is 1.51. The number of hydrogen-bond acceptors (Lipinski definition) is 4. The Bertz CT molecular complexity index is 765. The van der Waals surface area contributed by atoms with Crippen LogP contribution in [0.15, 0.2) is 59.5 Å². The van der Waals surface area contributed by atoms with Crippen molar-refractivity contribution < 1.29 is 14.3 Å². The van der Waals surface area contributed by atoms with Gasteiger partial charge in [0.1, 0.15) is 5.75 Å². The Kier molecular flexibility index (Phi) is 6.76. The van der Waals surface area contributed by atoms with E-state index in [-0.39, 0.29) is 11.8 Å². The first-order valence-corrected chi connectivity index (χ1v) is 10.0. The molecule has 0 atom stereocenters. The highest BCUT2D eigenvalue weighted by molar-refractivity contribution is 8.00. The molecule has 27 heavy (non-hydrogen) atoms. The van der Waals surface area contributed by atoms with E-state index in [1.54, 1.807) is 7.11 Å². The molecule has 6 heteroatoms. The molecule has 2 aromatic carbocycles. The summed E-state index contributed by atoms with van der Waals surface area (Å²) < 4.78 is 5.15. The van der Waals surface area contributed by atoms with Gasteiger partial charge in [0.2, 0.25) is 5.91 Å². The largest absolute Gasteiger partial charge is 0.497 e. The van der Waals surface area contributed by atoms with E-state index >= 15 is 0 Å². The summed E-state index contributed by atoms with van der Waals surface area (Å²) in [5, 5.41) is 0. The average Bonchev–Trinajstić information content (AvgIpc) is 2.99. The highest BCUT2D eigenvalue weighted by Gasteiger charge is 2.22. The average molecular weight is 385 g/mol. The molecule has 3 rings (SSSR count). The SMILES string of the molecule is COc1ccc(SCC(=O)N2CCCN(C(=O)c3ccccc3)CC2)cc1. The van der Waals surface area contributed by atoms with Crippen molar-refractivity contribution in [2.24, 2.45) is 0 Å². The number of amides is 2. The number of rotatable bonds is 5. The van der Waals surface area contributed by atoms with Crippen LogP contribution in [0, 0.1) is 0 Å². The van der Waals surface area contributed by atoms with Crippen molar-refractivity contribution in [1.29, 1.82) is 0 Å². The van der Waals surface area contributed by atoms with E-state index in [0.29, 0.717) is 37.5 Å². The number of carbonyl (C=O) groups excluding carboxylic acids is 2. The smallest absolute Gasteiger partial charge is 0.253 e. The molecule has 2 aromatic rings. The molecule has 0 N–H and O–H groups in total. The third kappa shape index (κ3) is 5.26. The molecule has 2 amide bonds. The van der Waals surface area contributed by atoms with E-state index in [4.69, 9.17) is 4.74 Å². The highest BCUT2D eigenvalue weighted by Crippen LogP contribution is 2.22. The number of ether oxygens (including phenoxy) is 1. The highest BCUT2D eigenvalue weighted by atomic mass is 32.2. The Morgan fingerprint density at radius 1 is 0.926 bits per heavy atom. The van der Waals surface area contributed by atoms with Crippen LogP contribution in [0.3, 0.4) is 0 Å². The normalized spacial score (nSPS) is 14.6. The lowest BCUT2D eigenvalue weighted by Crippen LogP contribution is -2.38. The molecule has 0 aromatic heterocycles. The van der Waals surface area contributed by atoms with Crippen molar-refractivity contribution in [3.63, 3.8) is 0 Å². The van der Waals surface area contributed by atoms with E-state index in [0.717, 1.165) is 17.1 Å². The third-order valence-corrected chi connectivity index (χ3v) is 5.58. The summed E-state index contributed by atoms with van der Waals surface area (Å²) in [6.07, 6.45) is 0.803. The molecule has 0 bridgehead atoms. The quantitative estimate of drug-likeness (QED) is 0.743. The predicted molar refractivity (Wildman–Crippen MR) is 107 cm³/mol. The number of methoxy groups -OCH3 is 1. The van der Waals surface area contributed by atoms with Gasteiger partial charge in [0.15, 0.2) is 0 Å². The Morgan fingerprint density at radius 3 is 2.30 bits per heavy atom.